The van der Waals surface area contributed by atoms with Crippen LogP contribution in [0.4, 0.5) is 17.6 Å². The van der Waals surface area contributed by atoms with E-state index in [1.807, 2.05) is 0 Å². The molecule has 0 amide bonds. The summed E-state index contributed by atoms with van der Waals surface area (Å²) in [5.41, 5.74) is 11.9. The van der Waals surface area contributed by atoms with E-state index in [4.69, 9.17) is 39.7 Å². The fourth-order valence-corrected chi connectivity index (χ4v) is 4.16. The number of rotatable bonds is 5. The van der Waals surface area contributed by atoms with Crippen LogP contribution < -0.4 is 27.7 Å². The van der Waals surface area contributed by atoms with E-state index in [9.17, 15) is 4.79 Å². The highest BCUT2D eigenvalue weighted by molar-refractivity contribution is 6.35. The molecule has 3 heterocycles. The maximum Gasteiger partial charge on any atom is 0.263 e. The molecule has 0 saturated carbocycles. The van der Waals surface area contributed by atoms with E-state index < -0.39 is 0 Å². The lowest BCUT2D eigenvalue weighted by Crippen LogP contribution is -2.37. The zero-order valence-electron chi connectivity index (χ0n) is 16.2. The lowest BCUT2D eigenvalue weighted by atomic mass is 10.1. The molecule has 0 spiro atoms. The second kappa shape index (κ2) is 8.63. The molecule has 0 aliphatic carbocycles. The minimum absolute atomic E-state index is 0.0319. The van der Waals surface area contributed by atoms with E-state index >= 15 is 0 Å². The number of anilines is 3. The molecule has 1 saturated heterocycles. The number of piperidine rings is 1. The first kappa shape index (κ1) is 20.6. The highest BCUT2D eigenvalue weighted by atomic mass is 35.5. The molecule has 0 unspecified atom stereocenters. The molecule has 6 N–H and O–H groups in total. The van der Waals surface area contributed by atoms with Crippen LogP contribution in [0.15, 0.2) is 23.0 Å². The number of nitrogens with one attached hydrogen (secondary N) is 2. The van der Waals surface area contributed by atoms with Crippen molar-refractivity contribution in [1.29, 1.82) is 0 Å². The monoisotopic (exact) mass is 448 g/mol. The Morgan fingerprint density at radius 3 is 2.70 bits per heavy atom. The Kier molecular flexibility index (Phi) is 5.94. The van der Waals surface area contributed by atoms with Gasteiger partial charge in [0.25, 0.3) is 5.56 Å². The minimum atomic E-state index is -0.110. The average molecular weight is 449 g/mol. The van der Waals surface area contributed by atoms with Crippen LogP contribution in [-0.4, -0.2) is 39.2 Å². The number of hydrogen-bond acceptors (Lipinski definition) is 8. The Bertz CT molecular complexity index is 1140. The summed E-state index contributed by atoms with van der Waals surface area (Å²) in [6.07, 6.45) is 2.17. The number of aromatic nitrogens is 4. The maximum atomic E-state index is 13.4. The normalized spacial score (nSPS) is 14.9. The Labute approximate surface area is 182 Å². The van der Waals surface area contributed by atoms with E-state index in [1.165, 1.54) is 0 Å². The lowest BCUT2D eigenvalue weighted by Gasteiger charge is -2.27. The molecule has 1 aliphatic heterocycles. The molecular weight excluding hydrogens is 427 g/mol. The van der Waals surface area contributed by atoms with E-state index in [0.29, 0.717) is 40.5 Å². The third-order valence-electron chi connectivity index (χ3n) is 5.16. The van der Waals surface area contributed by atoms with Crippen molar-refractivity contribution in [3.05, 3.63) is 44.4 Å². The van der Waals surface area contributed by atoms with Crippen LogP contribution in [0.1, 0.15) is 24.7 Å². The largest absolute Gasteiger partial charge is 0.382 e. The van der Waals surface area contributed by atoms with Crippen molar-refractivity contribution in [2.24, 2.45) is 0 Å². The predicted molar refractivity (Wildman–Crippen MR) is 120 cm³/mol. The molecule has 2 aromatic heterocycles. The molecule has 30 heavy (non-hydrogen) atoms. The minimum Gasteiger partial charge on any atom is -0.382 e. The average Bonchev–Trinajstić information content (AvgIpc) is 2.72. The van der Waals surface area contributed by atoms with Crippen LogP contribution >= 0.6 is 23.2 Å². The van der Waals surface area contributed by atoms with Crippen LogP contribution in [0.2, 0.25) is 10.0 Å². The van der Waals surface area contributed by atoms with Gasteiger partial charge in [0.15, 0.2) is 5.82 Å². The summed E-state index contributed by atoms with van der Waals surface area (Å²) in [4.78, 5) is 26.0. The van der Waals surface area contributed by atoms with Crippen molar-refractivity contribution in [1.82, 2.24) is 24.8 Å². The smallest absolute Gasteiger partial charge is 0.263 e. The van der Waals surface area contributed by atoms with Gasteiger partial charge in [-0.25, -0.2) is 4.98 Å². The zero-order valence-corrected chi connectivity index (χ0v) is 17.7. The van der Waals surface area contributed by atoms with Gasteiger partial charge in [0, 0.05) is 19.0 Å². The topological polar surface area (TPSA) is 137 Å². The highest BCUT2D eigenvalue weighted by Crippen LogP contribution is 2.26. The molecule has 1 fully saturated rings. The molecule has 11 heteroatoms. The highest BCUT2D eigenvalue weighted by Gasteiger charge is 2.22. The van der Waals surface area contributed by atoms with Gasteiger partial charge in [-0.1, -0.05) is 29.3 Å². The van der Waals surface area contributed by atoms with E-state index in [-0.39, 0.29) is 28.4 Å². The van der Waals surface area contributed by atoms with Crippen LogP contribution in [0, 0.1) is 0 Å². The van der Waals surface area contributed by atoms with Crippen molar-refractivity contribution in [3.8, 4) is 0 Å². The Morgan fingerprint density at radius 2 is 1.93 bits per heavy atom. The predicted octanol–water partition coefficient (Wildman–Crippen LogP) is 2.24. The van der Waals surface area contributed by atoms with E-state index in [1.54, 1.807) is 22.8 Å². The number of fused-ring (bicyclic) bond motifs is 1. The van der Waals surface area contributed by atoms with Gasteiger partial charge in [-0.05, 0) is 38.1 Å². The summed E-state index contributed by atoms with van der Waals surface area (Å²) >= 11 is 12.5. The van der Waals surface area contributed by atoms with Crippen LogP contribution in [0.3, 0.4) is 0 Å². The number of nitrogens with zero attached hydrogens (tertiary/aromatic N) is 4. The molecule has 0 atom stereocenters. The quantitative estimate of drug-likeness (QED) is 0.466. The summed E-state index contributed by atoms with van der Waals surface area (Å²) in [7, 11) is 0. The van der Waals surface area contributed by atoms with Gasteiger partial charge in [0.1, 0.15) is 16.7 Å². The molecule has 1 aromatic carbocycles. The van der Waals surface area contributed by atoms with Gasteiger partial charge >= 0.3 is 0 Å². The lowest BCUT2D eigenvalue weighted by molar-refractivity contribution is 0.351. The molecule has 3 aromatic rings. The fraction of sp³-hybridized carbons (Fsp3) is 0.368. The first-order chi connectivity index (χ1) is 14.5. The van der Waals surface area contributed by atoms with Gasteiger partial charge in [0.2, 0.25) is 5.95 Å². The summed E-state index contributed by atoms with van der Waals surface area (Å²) in [5.74, 6) is 1.17. The zero-order chi connectivity index (χ0) is 21.3. The van der Waals surface area contributed by atoms with Crippen LogP contribution in [-0.2, 0) is 6.42 Å². The Balaban J connectivity index is 1.68. The summed E-state index contributed by atoms with van der Waals surface area (Å²) in [6.45, 7) is 2.13. The maximum absolute atomic E-state index is 13.4. The van der Waals surface area contributed by atoms with E-state index in [2.05, 4.69) is 20.6 Å². The van der Waals surface area contributed by atoms with Crippen molar-refractivity contribution in [2.75, 3.05) is 36.4 Å². The SMILES string of the molecule is Nc1nc(N)c(Cl)c(NCCc2nc3cccc(Cl)c3c(=O)n2C2CCNCC2)n1. The second-order valence-corrected chi connectivity index (χ2v) is 7.91. The molecule has 9 nitrogen and oxygen atoms in total. The van der Waals surface area contributed by atoms with Crippen molar-refractivity contribution >= 4 is 51.7 Å². The third-order valence-corrected chi connectivity index (χ3v) is 5.85. The molecule has 158 valence electrons. The standard InChI is InChI=1S/C19H22Cl2N8O/c20-11-2-1-3-12-14(11)18(30)29(10-4-7-24-8-5-10)13(26-12)6-9-25-17-15(21)16(22)27-19(23)28-17/h1-3,10,24H,4-9H2,(H5,22,23,25,27,28). The van der Waals surface area contributed by atoms with Gasteiger partial charge in [-0.15, -0.1) is 0 Å². The van der Waals surface area contributed by atoms with Crippen molar-refractivity contribution in [3.63, 3.8) is 0 Å². The summed E-state index contributed by atoms with van der Waals surface area (Å²) < 4.78 is 1.79. The van der Waals surface area contributed by atoms with Gasteiger partial charge in [0.05, 0.1) is 15.9 Å². The van der Waals surface area contributed by atoms with Crippen molar-refractivity contribution in [2.45, 2.75) is 25.3 Å². The Morgan fingerprint density at radius 1 is 1.17 bits per heavy atom. The van der Waals surface area contributed by atoms with E-state index in [0.717, 1.165) is 25.9 Å². The molecule has 0 radical (unpaired) electrons. The van der Waals surface area contributed by atoms with Crippen molar-refractivity contribution < 1.29 is 0 Å². The second-order valence-electron chi connectivity index (χ2n) is 7.12. The summed E-state index contributed by atoms with van der Waals surface area (Å²) in [6, 6.07) is 5.37. The molecule has 4 rings (SSSR count). The van der Waals surface area contributed by atoms with Gasteiger partial charge in [-0.3, -0.25) is 9.36 Å². The number of hydrogen-bond donors (Lipinski definition) is 4. The molecular formula is C19H22Cl2N8O. The number of nitrogens with two attached hydrogens (primary N) is 2. The Hall–Kier alpha value is -2.62. The molecule has 0 bridgehead atoms. The third kappa shape index (κ3) is 4.00. The number of nitrogen functional groups attached to an aromatic ring is 2. The first-order valence-corrected chi connectivity index (χ1v) is 10.4. The number of halogens is 2. The first-order valence-electron chi connectivity index (χ1n) is 9.68. The fourth-order valence-electron chi connectivity index (χ4n) is 3.76. The van der Waals surface area contributed by atoms with Gasteiger partial charge < -0.3 is 22.1 Å². The summed E-state index contributed by atoms with van der Waals surface area (Å²) in [5, 5.41) is 7.51. The van der Waals surface area contributed by atoms with Gasteiger partial charge in [-0.2, -0.15) is 9.97 Å². The number of benzene rings is 1. The van der Waals surface area contributed by atoms with Crippen LogP contribution in [0.25, 0.3) is 10.9 Å². The molecule has 1 aliphatic rings. The van der Waals surface area contributed by atoms with Crippen LogP contribution in [0.5, 0.6) is 0 Å².